The predicted molar refractivity (Wildman–Crippen MR) is 80.6 cm³/mol. The Labute approximate surface area is 128 Å². The van der Waals surface area contributed by atoms with Crippen LogP contribution in [0.2, 0.25) is 0 Å². The number of methoxy groups -OCH3 is 1. The molecule has 2 rings (SSSR count). The number of hydrogen-bond acceptors (Lipinski definition) is 4. The Morgan fingerprint density at radius 1 is 1.33 bits per heavy atom. The van der Waals surface area contributed by atoms with Crippen molar-refractivity contribution in [2.45, 2.75) is 30.2 Å². The number of rotatable bonds is 6. The molecule has 0 spiro atoms. The quantitative estimate of drug-likeness (QED) is 0.788. The molecule has 2 N–H and O–H groups in total. The Balaban J connectivity index is 1.80. The van der Waals surface area contributed by atoms with Gasteiger partial charge in [0, 0.05) is 10.9 Å². The third-order valence-corrected chi connectivity index (χ3v) is 4.62. The molecule has 0 aliphatic heterocycles. The summed E-state index contributed by atoms with van der Waals surface area (Å²) in [5.74, 6) is -0.316. The summed E-state index contributed by atoms with van der Waals surface area (Å²) in [7, 11) is 1.61. The van der Waals surface area contributed by atoms with Crippen LogP contribution in [-0.2, 0) is 9.59 Å². The van der Waals surface area contributed by atoms with Gasteiger partial charge in [-0.25, -0.2) is 0 Å². The van der Waals surface area contributed by atoms with Crippen molar-refractivity contribution < 1.29 is 19.4 Å². The minimum atomic E-state index is -0.819. The zero-order valence-corrected chi connectivity index (χ0v) is 12.7. The number of carbonyl (C=O) groups is 2. The molecule has 1 amide bonds. The molecule has 1 fully saturated rings. The lowest BCUT2D eigenvalue weighted by molar-refractivity contribution is -0.142. The molecule has 5 nitrogen and oxygen atoms in total. The molecule has 1 aliphatic rings. The van der Waals surface area contributed by atoms with Gasteiger partial charge in [0.1, 0.15) is 5.75 Å². The van der Waals surface area contributed by atoms with E-state index in [0.29, 0.717) is 6.42 Å². The van der Waals surface area contributed by atoms with E-state index >= 15 is 0 Å². The lowest BCUT2D eigenvalue weighted by Gasteiger charge is -2.17. The van der Waals surface area contributed by atoms with Gasteiger partial charge in [-0.3, -0.25) is 9.59 Å². The molecule has 1 aliphatic carbocycles. The summed E-state index contributed by atoms with van der Waals surface area (Å²) < 4.78 is 5.07. The topological polar surface area (TPSA) is 75.6 Å². The van der Waals surface area contributed by atoms with Crippen molar-refractivity contribution in [3.63, 3.8) is 0 Å². The molecular formula is C15H19NO4S. The molecule has 21 heavy (non-hydrogen) atoms. The summed E-state index contributed by atoms with van der Waals surface area (Å²) in [6, 6.07) is 7.25. The number of hydrogen-bond donors (Lipinski definition) is 2. The monoisotopic (exact) mass is 309 g/mol. The standard InChI is InChI=1S/C15H19NO4S/c1-20-10-5-7-11(8-6-10)21-9-14(17)16-13-4-2-3-12(13)15(18)19/h5-8,12-13H,2-4,9H2,1H3,(H,16,17)(H,18,19)/t12-,13+/m0/s1. The minimum Gasteiger partial charge on any atom is -0.497 e. The molecule has 0 aromatic heterocycles. The minimum absolute atomic E-state index is 0.117. The number of thioether (sulfide) groups is 1. The number of benzene rings is 1. The number of carbonyl (C=O) groups excluding carboxylic acids is 1. The molecule has 0 bridgehead atoms. The first-order valence-electron chi connectivity index (χ1n) is 6.89. The van der Waals surface area contributed by atoms with Crippen LogP contribution in [0.1, 0.15) is 19.3 Å². The maximum absolute atomic E-state index is 11.9. The third-order valence-electron chi connectivity index (χ3n) is 3.61. The lowest BCUT2D eigenvalue weighted by atomic mass is 10.0. The van der Waals surface area contributed by atoms with Crippen LogP contribution >= 0.6 is 11.8 Å². The Morgan fingerprint density at radius 3 is 2.67 bits per heavy atom. The van der Waals surface area contributed by atoms with Gasteiger partial charge in [0.05, 0.1) is 18.8 Å². The van der Waals surface area contributed by atoms with Crippen molar-refractivity contribution >= 4 is 23.6 Å². The van der Waals surface area contributed by atoms with Crippen LogP contribution in [0.15, 0.2) is 29.2 Å². The van der Waals surface area contributed by atoms with Gasteiger partial charge in [0.2, 0.25) is 5.91 Å². The molecule has 114 valence electrons. The van der Waals surface area contributed by atoms with Crippen LogP contribution in [0.3, 0.4) is 0 Å². The largest absolute Gasteiger partial charge is 0.497 e. The number of amides is 1. The average molecular weight is 309 g/mol. The van der Waals surface area contributed by atoms with E-state index in [2.05, 4.69) is 5.32 Å². The Bertz CT molecular complexity index is 503. The van der Waals surface area contributed by atoms with Crippen molar-refractivity contribution in [3.05, 3.63) is 24.3 Å². The maximum Gasteiger partial charge on any atom is 0.308 e. The third kappa shape index (κ3) is 4.39. The number of ether oxygens (including phenoxy) is 1. The zero-order valence-electron chi connectivity index (χ0n) is 11.9. The van der Waals surface area contributed by atoms with Crippen LogP contribution in [0, 0.1) is 5.92 Å². The summed E-state index contributed by atoms with van der Waals surface area (Å²) in [4.78, 5) is 24.0. The van der Waals surface area contributed by atoms with E-state index < -0.39 is 11.9 Å². The van der Waals surface area contributed by atoms with Gasteiger partial charge in [0.15, 0.2) is 0 Å². The fourth-order valence-corrected chi connectivity index (χ4v) is 3.21. The van der Waals surface area contributed by atoms with Crippen molar-refractivity contribution in [2.24, 2.45) is 5.92 Å². The zero-order chi connectivity index (χ0) is 15.2. The van der Waals surface area contributed by atoms with Crippen molar-refractivity contribution in [1.82, 2.24) is 5.32 Å². The molecule has 2 atom stereocenters. The van der Waals surface area contributed by atoms with Crippen LogP contribution in [-0.4, -0.2) is 35.9 Å². The van der Waals surface area contributed by atoms with Gasteiger partial charge in [-0.1, -0.05) is 6.42 Å². The fourth-order valence-electron chi connectivity index (χ4n) is 2.50. The Hall–Kier alpha value is -1.69. The summed E-state index contributed by atoms with van der Waals surface area (Å²) >= 11 is 1.43. The van der Waals surface area contributed by atoms with Gasteiger partial charge in [-0.05, 0) is 37.1 Å². The Kier molecular flexibility index (Phi) is 5.50. The molecule has 1 aromatic rings. The van der Waals surface area contributed by atoms with E-state index in [1.54, 1.807) is 7.11 Å². The average Bonchev–Trinajstić information content (AvgIpc) is 2.94. The van der Waals surface area contributed by atoms with E-state index in [4.69, 9.17) is 9.84 Å². The van der Waals surface area contributed by atoms with Gasteiger partial charge in [-0.15, -0.1) is 11.8 Å². The van der Waals surface area contributed by atoms with E-state index in [9.17, 15) is 9.59 Å². The second-order valence-corrected chi connectivity index (χ2v) is 6.06. The van der Waals surface area contributed by atoms with E-state index in [1.165, 1.54) is 11.8 Å². The molecule has 6 heteroatoms. The van der Waals surface area contributed by atoms with E-state index in [0.717, 1.165) is 23.5 Å². The number of nitrogens with one attached hydrogen (secondary N) is 1. The first-order chi connectivity index (χ1) is 10.1. The smallest absolute Gasteiger partial charge is 0.308 e. The van der Waals surface area contributed by atoms with E-state index in [-0.39, 0.29) is 17.7 Å². The van der Waals surface area contributed by atoms with E-state index in [1.807, 2.05) is 24.3 Å². The molecule has 0 unspecified atom stereocenters. The van der Waals surface area contributed by atoms with Gasteiger partial charge >= 0.3 is 5.97 Å². The molecule has 0 saturated heterocycles. The SMILES string of the molecule is COc1ccc(SCC(=O)N[C@@H]2CCC[C@@H]2C(=O)O)cc1. The number of carboxylic acid groups (broad SMARTS) is 1. The highest BCUT2D eigenvalue weighted by molar-refractivity contribution is 8.00. The van der Waals surface area contributed by atoms with Crippen molar-refractivity contribution in [3.8, 4) is 5.75 Å². The van der Waals surface area contributed by atoms with Crippen LogP contribution < -0.4 is 10.1 Å². The van der Waals surface area contributed by atoms with Crippen LogP contribution in [0.5, 0.6) is 5.75 Å². The normalized spacial score (nSPS) is 21.0. The lowest BCUT2D eigenvalue weighted by Crippen LogP contribution is -2.40. The molecule has 1 aromatic carbocycles. The highest BCUT2D eigenvalue weighted by Crippen LogP contribution is 2.26. The molecular weight excluding hydrogens is 290 g/mol. The van der Waals surface area contributed by atoms with Crippen LogP contribution in [0.4, 0.5) is 0 Å². The Morgan fingerprint density at radius 2 is 2.05 bits per heavy atom. The summed E-state index contributed by atoms with van der Waals surface area (Å²) in [5, 5.41) is 11.9. The first kappa shape index (κ1) is 15.7. The highest BCUT2D eigenvalue weighted by Gasteiger charge is 2.33. The first-order valence-corrected chi connectivity index (χ1v) is 7.87. The summed E-state index contributed by atoms with van der Waals surface area (Å²) in [6.45, 7) is 0. The van der Waals surface area contributed by atoms with Crippen molar-refractivity contribution in [1.29, 1.82) is 0 Å². The number of carboxylic acids is 1. The second-order valence-electron chi connectivity index (χ2n) is 5.01. The van der Waals surface area contributed by atoms with Crippen LogP contribution in [0.25, 0.3) is 0 Å². The highest BCUT2D eigenvalue weighted by atomic mass is 32.2. The summed E-state index contributed by atoms with van der Waals surface area (Å²) in [6.07, 6.45) is 2.25. The summed E-state index contributed by atoms with van der Waals surface area (Å²) in [5.41, 5.74) is 0. The molecule has 1 saturated carbocycles. The fraction of sp³-hybridized carbons (Fsp3) is 0.467. The maximum atomic E-state index is 11.9. The second kappa shape index (κ2) is 7.36. The molecule has 0 heterocycles. The van der Waals surface area contributed by atoms with Gasteiger partial charge < -0.3 is 15.2 Å². The molecule has 0 radical (unpaired) electrons. The van der Waals surface area contributed by atoms with Crippen molar-refractivity contribution in [2.75, 3.05) is 12.9 Å². The number of aliphatic carboxylic acids is 1. The van der Waals surface area contributed by atoms with Gasteiger partial charge in [-0.2, -0.15) is 0 Å². The predicted octanol–water partition coefficient (Wildman–Crippen LogP) is 2.16. The van der Waals surface area contributed by atoms with Gasteiger partial charge in [0.25, 0.3) is 0 Å².